The number of nitrogens with zero attached hydrogens (tertiary/aromatic N) is 1. The lowest BCUT2D eigenvalue weighted by Crippen LogP contribution is -2.47. The van der Waals surface area contributed by atoms with Crippen LogP contribution in [0, 0.1) is 11.6 Å². The van der Waals surface area contributed by atoms with Gasteiger partial charge in [-0.15, -0.1) is 0 Å². The van der Waals surface area contributed by atoms with E-state index in [4.69, 9.17) is 0 Å². The molecule has 2 amide bonds. The summed E-state index contributed by atoms with van der Waals surface area (Å²) in [7, 11) is 0. The summed E-state index contributed by atoms with van der Waals surface area (Å²) in [6.07, 6.45) is 0.997. The van der Waals surface area contributed by atoms with Crippen LogP contribution in [0.4, 0.5) is 8.78 Å². The molecule has 0 radical (unpaired) electrons. The van der Waals surface area contributed by atoms with Gasteiger partial charge in [0.2, 0.25) is 11.8 Å². The molecule has 6 heteroatoms. The molecule has 0 saturated heterocycles. The summed E-state index contributed by atoms with van der Waals surface area (Å²) in [5.41, 5.74) is 1.81. The Balaban J connectivity index is 1.84. The van der Waals surface area contributed by atoms with E-state index in [0.717, 1.165) is 29.7 Å². The van der Waals surface area contributed by atoms with Crippen LogP contribution in [-0.4, -0.2) is 23.3 Å². The van der Waals surface area contributed by atoms with Gasteiger partial charge in [0.25, 0.3) is 0 Å². The second-order valence-electron chi connectivity index (χ2n) is 6.32. The molecule has 1 N–H and O–H groups in total. The summed E-state index contributed by atoms with van der Waals surface area (Å²) in [4.78, 5) is 26.9. The normalized spacial score (nSPS) is 16.3. The van der Waals surface area contributed by atoms with Crippen LogP contribution in [0.15, 0.2) is 42.5 Å². The molecule has 0 spiro atoms. The van der Waals surface area contributed by atoms with Gasteiger partial charge in [0.1, 0.15) is 17.7 Å². The molecule has 3 rings (SSSR count). The lowest BCUT2D eigenvalue weighted by Gasteiger charge is -2.36. The van der Waals surface area contributed by atoms with E-state index in [9.17, 15) is 18.4 Å². The van der Waals surface area contributed by atoms with Gasteiger partial charge in [-0.05, 0) is 23.6 Å². The van der Waals surface area contributed by atoms with Crippen LogP contribution in [0.5, 0.6) is 0 Å². The van der Waals surface area contributed by atoms with Crippen LogP contribution < -0.4 is 5.32 Å². The van der Waals surface area contributed by atoms with E-state index < -0.39 is 17.7 Å². The van der Waals surface area contributed by atoms with E-state index >= 15 is 0 Å². The number of carbonyl (C=O) groups is 2. The number of benzene rings is 2. The first kappa shape index (κ1) is 18.0. The average Bonchev–Trinajstić information content (AvgIpc) is 2.61. The van der Waals surface area contributed by atoms with Gasteiger partial charge in [-0.1, -0.05) is 37.3 Å². The Hall–Kier alpha value is -2.76. The standard InChI is InChI=1S/C20H20F2N2O2/c1-2-9-24-18(25)10-13-5-3-4-6-16(13)19(24)20(26)23-12-14-7-8-15(21)11-17(14)22/h3-8,11,19H,2,9-10,12H2,1H3,(H,23,26)/t19-/m0/s1. The van der Waals surface area contributed by atoms with Crippen molar-refractivity contribution in [2.24, 2.45) is 0 Å². The molecule has 2 aromatic carbocycles. The maximum absolute atomic E-state index is 13.8. The summed E-state index contributed by atoms with van der Waals surface area (Å²) in [6, 6.07) is 9.84. The number of hydrogen-bond donors (Lipinski definition) is 1. The molecule has 2 aromatic rings. The number of amides is 2. The predicted octanol–water partition coefficient (Wildman–Crippen LogP) is 3.12. The van der Waals surface area contributed by atoms with E-state index in [1.54, 1.807) is 4.90 Å². The fraction of sp³-hybridized carbons (Fsp3) is 0.300. The van der Waals surface area contributed by atoms with E-state index in [-0.39, 0.29) is 30.3 Å². The molecule has 1 heterocycles. The zero-order valence-corrected chi connectivity index (χ0v) is 14.5. The molecule has 26 heavy (non-hydrogen) atoms. The van der Waals surface area contributed by atoms with Crippen molar-refractivity contribution in [3.05, 3.63) is 70.8 Å². The summed E-state index contributed by atoms with van der Waals surface area (Å²) < 4.78 is 26.8. The number of carbonyl (C=O) groups excluding carboxylic acids is 2. The van der Waals surface area contributed by atoms with Crippen LogP contribution in [0.3, 0.4) is 0 Å². The fourth-order valence-corrected chi connectivity index (χ4v) is 3.26. The Morgan fingerprint density at radius 2 is 2.00 bits per heavy atom. The third kappa shape index (κ3) is 3.59. The highest BCUT2D eigenvalue weighted by Crippen LogP contribution is 2.30. The molecule has 1 aliphatic rings. The minimum absolute atomic E-state index is 0.0717. The topological polar surface area (TPSA) is 49.4 Å². The smallest absolute Gasteiger partial charge is 0.247 e. The third-order valence-electron chi connectivity index (χ3n) is 4.50. The van der Waals surface area contributed by atoms with E-state index in [1.807, 2.05) is 31.2 Å². The van der Waals surface area contributed by atoms with Gasteiger partial charge in [-0.25, -0.2) is 8.78 Å². The van der Waals surface area contributed by atoms with Crippen LogP contribution in [-0.2, 0) is 22.6 Å². The zero-order valence-electron chi connectivity index (χ0n) is 14.5. The number of halogens is 2. The van der Waals surface area contributed by atoms with Gasteiger partial charge < -0.3 is 10.2 Å². The van der Waals surface area contributed by atoms with Crippen LogP contribution in [0.1, 0.15) is 36.1 Å². The predicted molar refractivity (Wildman–Crippen MR) is 93.1 cm³/mol. The minimum Gasteiger partial charge on any atom is -0.350 e. The highest BCUT2D eigenvalue weighted by molar-refractivity contribution is 5.92. The molecule has 1 aliphatic heterocycles. The first-order valence-electron chi connectivity index (χ1n) is 8.60. The monoisotopic (exact) mass is 358 g/mol. The lowest BCUT2D eigenvalue weighted by atomic mass is 9.91. The van der Waals surface area contributed by atoms with Crippen molar-refractivity contribution < 1.29 is 18.4 Å². The lowest BCUT2D eigenvalue weighted by molar-refractivity contribution is -0.141. The number of rotatable bonds is 5. The number of hydrogen-bond acceptors (Lipinski definition) is 2. The third-order valence-corrected chi connectivity index (χ3v) is 4.50. The van der Waals surface area contributed by atoms with Crippen LogP contribution in [0.25, 0.3) is 0 Å². The maximum atomic E-state index is 13.8. The second kappa shape index (κ2) is 7.64. The zero-order chi connectivity index (χ0) is 18.7. The molecule has 0 bridgehead atoms. The molecule has 0 fully saturated rings. The van der Waals surface area contributed by atoms with Crippen LogP contribution in [0.2, 0.25) is 0 Å². The Bertz CT molecular complexity index is 838. The van der Waals surface area contributed by atoms with Crippen molar-refractivity contribution in [1.82, 2.24) is 10.2 Å². The van der Waals surface area contributed by atoms with Crippen LogP contribution >= 0.6 is 0 Å². The molecule has 0 unspecified atom stereocenters. The van der Waals surface area contributed by atoms with Gasteiger partial charge in [-0.2, -0.15) is 0 Å². The van der Waals surface area contributed by atoms with E-state index in [1.165, 1.54) is 6.07 Å². The Labute approximate surface area is 150 Å². The van der Waals surface area contributed by atoms with Gasteiger partial charge in [-0.3, -0.25) is 9.59 Å². The maximum Gasteiger partial charge on any atom is 0.247 e. The number of nitrogens with one attached hydrogen (secondary N) is 1. The van der Waals surface area contributed by atoms with Gasteiger partial charge in [0.15, 0.2) is 0 Å². The highest BCUT2D eigenvalue weighted by atomic mass is 19.1. The largest absolute Gasteiger partial charge is 0.350 e. The first-order valence-corrected chi connectivity index (χ1v) is 8.60. The first-order chi connectivity index (χ1) is 12.5. The average molecular weight is 358 g/mol. The van der Waals surface area contributed by atoms with Crippen molar-refractivity contribution >= 4 is 11.8 Å². The molecule has 0 saturated carbocycles. The SMILES string of the molecule is CCCN1C(=O)Cc2ccccc2[C@H]1C(=O)NCc1ccc(F)cc1F. The van der Waals surface area contributed by atoms with E-state index in [2.05, 4.69) is 5.32 Å². The molecule has 0 aromatic heterocycles. The van der Waals surface area contributed by atoms with Gasteiger partial charge in [0, 0.05) is 24.7 Å². The van der Waals surface area contributed by atoms with E-state index in [0.29, 0.717) is 6.54 Å². The summed E-state index contributed by atoms with van der Waals surface area (Å²) >= 11 is 0. The van der Waals surface area contributed by atoms with Crippen molar-refractivity contribution in [2.45, 2.75) is 32.4 Å². The molecular formula is C20H20F2N2O2. The summed E-state index contributed by atoms with van der Waals surface area (Å²) in [5, 5.41) is 2.68. The Morgan fingerprint density at radius 1 is 1.23 bits per heavy atom. The van der Waals surface area contributed by atoms with Crippen molar-refractivity contribution in [3.63, 3.8) is 0 Å². The quantitative estimate of drug-likeness (QED) is 0.893. The Kier molecular flexibility index (Phi) is 5.30. The van der Waals surface area contributed by atoms with Crippen molar-refractivity contribution in [1.29, 1.82) is 0 Å². The van der Waals surface area contributed by atoms with Crippen molar-refractivity contribution in [3.8, 4) is 0 Å². The molecule has 0 aliphatic carbocycles. The molecular weight excluding hydrogens is 338 g/mol. The van der Waals surface area contributed by atoms with Gasteiger partial charge in [0.05, 0.1) is 6.42 Å². The molecule has 4 nitrogen and oxygen atoms in total. The summed E-state index contributed by atoms with van der Waals surface area (Å²) in [6.45, 7) is 2.34. The van der Waals surface area contributed by atoms with Crippen molar-refractivity contribution in [2.75, 3.05) is 6.54 Å². The van der Waals surface area contributed by atoms with Gasteiger partial charge >= 0.3 is 0 Å². The second-order valence-corrected chi connectivity index (χ2v) is 6.32. The highest BCUT2D eigenvalue weighted by Gasteiger charge is 2.36. The Morgan fingerprint density at radius 3 is 2.73 bits per heavy atom. The number of fused-ring (bicyclic) bond motifs is 1. The minimum atomic E-state index is -0.740. The fourth-order valence-electron chi connectivity index (χ4n) is 3.26. The summed E-state index contributed by atoms with van der Waals surface area (Å²) in [5.74, 6) is -1.85. The molecule has 1 atom stereocenters. The molecule has 136 valence electrons.